The van der Waals surface area contributed by atoms with Crippen molar-refractivity contribution in [2.24, 2.45) is 52.1 Å². The second-order valence-corrected chi connectivity index (χ2v) is 18.8. The van der Waals surface area contributed by atoms with Crippen molar-refractivity contribution in [1.29, 1.82) is 0 Å². The first-order valence-electron chi connectivity index (χ1n) is 21.2. The van der Waals surface area contributed by atoms with E-state index in [1.54, 1.807) is 5.57 Å². The normalized spacial score (nSPS) is 31.6. The molecule has 0 aromatic carbocycles. The molecule has 9 heteroatoms. The maximum absolute atomic E-state index is 9.81. The Morgan fingerprint density at radius 1 is 0.882 bits per heavy atom. The topological polar surface area (TPSA) is 120 Å². The van der Waals surface area contributed by atoms with E-state index in [0.717, 1.165) is 68.0 Å². The minimum atomic E-state index is -4.26. The van der Waals surface area contributed by atoms with Crippen LogP contribution in [0.2, 0.25) is 0 Å². The van der Waals surface area contributed by atoms with E-state index in [-0.39, 0.29) is 19.3 Å². The van der Waals surface area contributed by atoms with Crippen molar-refractivity contribution in [3.63, 3.8) is 0 Å². The summed E-state index contributed by atoms with van der Waals surface area (Å²) in [5, 5.41) is 0. The lowest BCUT2D eigenvalue weighted by atomic mass is 9.47. The molecule has 3 fully saturated rings. The van der Waals surface area contributed by atoms with Crippen LogP contribution in [0.4, 0.5) is 0 Å². The van der Waals surface area contributed by atoms with Gasteiger partial charge in [-0.3, -0.25) is 4.52 Å². The number of allylic oxidation sites excluding steroid dienone is 1. The number of ether oxygens (including phenoxy) is 3. The largest absolute Gasteiger partial charge is 0.469 e. The monoisotopic (exact) mass is 742 g/mol. The highest BCUT2D eigenvalue weighted by atomic mass is 31.2. The lowest BCUT2D eigenvalue weighted by molar-refractivity contribution is -0.0944. The molecule has 3 saturated carbocycles. The highest BCUT2D eigenvalue weighted by Gasteiger charge is 2.59. The molecule has 0 amide bonds. The van der Waals surface area contributed by atoms with Crippen molar-refractivity contribution in [2.45, 2.75) is 170 Å². The molecule has 4 rings (SSSR count). The van der Waals surface area contributed by atoms with Gasteiger partial charge in [0, 0.05) is 19.8 Å². The van der Waals surface area contributed by atoms with Gasteiger partial charge in [-0.05, 0) is 111 Å². The van der Waals surface area contributed by atoms with E-state index in [2.05, 4.69) is 59.1 Å². The van der Waals surface area contributed by atoms with Crippen LogP contribution < -0.4 is 5.73 Å². The number of phosphoric ester groups is 1. The van der Waals surface area contributed by atoms with Crippen LogP contribution in [0.25, 0.3) is 0 Å². The van der Waals surface area contributed by atoms with Crippen molar-refractivity contribution in [2.75, 3.05) is 39.6 Å². The van der Waals surface area contributed by atoms with Gasteiger partial charge in [0.05, 0.1) is 25.9 Å². The fraction of sp³-hybridized carbons (Fsp3) is 0.952. The molecule has 0 bridgehead atoms. The van der Waals surface area contributed by atoms with Gasteiger partial charge < -0.3 is 29.7 Å². The summed E-state index contributed by atoms with van der Waals surface area (Å²) in [6.45, 7) is 20.3. The summed E-state index contributed by atoms with van der Waals surface area (Å²) in [6, 6.07) is 0. The zero-order valence-electron chi connectivity index (χ0n) is 33.9. The Morgan fingerprint density at radius 3 is 2.25 bits per heavy atom. The third kappa shape index (κ3) is 13.7. The first-order chi connectivity index (χ1) is 24.3. The lowest BCUT2D eigenvalue weighted by Crippen LogP contribution is -2.51. The van der Waals surface area contributed by atoms with Crippen molar-refractivity contribution < 1.29 is 33.1 Å². The maximum Gasteiger partial charge on any atom is 0.469 e. The molecule has 1 unspecified atom stereocenters. The quantitative estimate of drug-likeness (QED) is 0.0570. The fourth-order valence-electron chi connectivity index (χ4n) is 10.6. The van der Waals surface area contributed by atoms with E-state index < -0.39 is 7.82 Å². The average molecular weight is 742 g/mol. The van der Waals surface area contributed by atoms with E-state index in [1.807, 2.05) is 0 Å². The van der Waals surface area contributed by atoms with Crippen LogP contribution in [0.15, 0.2) is 11.6 Å². The van der Waals surface area contributed by atoms with E-state index in [0.29, 0.717) is 30.1 Å². The Morgan fingerprint density at radius 2 is 1.61 bits per heavy atom. The van der Waals surface area contributed by atoms with E-state index in [4.69, 9.17) is 29.7 Å². The van der Waals surface area contributed by atoms with Gasteiger partial charge >= 0.3 is 7.82 Å². The third-order valence-electron chi connectivity index (χ3n) is 13.5. The zero-order chi connectivity index (χ0) is 37.5. The molecule has 9 atom stereocenters. The second-order valence-electron chi connectivity index (χ2n) is 17.6. The summed E-state index contributed by atoms with van der Waals surface area (Å²) in [5.74, 6) is 5.41. The minimum absolute atomic E-state index is 0.0654. The number of fused-ring (bicyclic) bond motifs is 5. The molecule has 300 valence electrons. The summed E-state index contributed by atoms with van der Waals surface area (Å²) in [6.07, 6.45) is 25.5. The number of rotatable bonds is 22. The fourth-order valence-corrected chi connectivity index (χ4v) is 11.0. The van der Waals surface area contributed by atoms with Crippen molar-refractivity contribution in [1.82, 2.24) is 0 Å². The lowest BCUT2D eigenvalue weighted by Gasteiger charge is -2.58. The maximum atomic E-state index is 9.81. The first kappa shape index (κ1) is 45.1. The molecule has 0 aliphatic heterocycles. The summed E-state index contributed by atoms with van der Waals surface area (Å²) >= 11 is 0. The predicted molar refractivity (Wildman–Crippen MR) is 209 cm³/mol. The molecule has 0 radical (unpaired) electrons. The number of nitrogens with two attached hydrogens (primary N) is 1. The van der Waals surface area contributed by atoms with Crippen molar-refractivity contribution in [3.05, 3.63) is 11.6 Å². The van der Waals surface area contributed by atoms with Crippen LogP contribution in [0.5, 0.6) is 0 Å². The van der Waals surface area contributed by atoms with Crippen LogP contribution in [0, 0.1) is 46.3 Å². The van der Waals surface area contributed by atoms with Crippen molar-refractivity contribution >= 4 is 7.82 Å². The van der Waals surface area contributed by atoms with Gasteiger partial charge in [0.25, 0.3) is 0 Å². The van der Waals surface area contributed by atoms with Crippen molar-refractivity contribution in [3.8, 4) is 0 Å². The van der Waals surface area contributed by atoms with Gasteiger partial charge in [-0.25, -0.2) is 4.57 Å². The SMILES string of the molecule is CCCCCOC[C@H](COC1CC[C@@]2(C)C(=CC[C@H]3[C@@H]4CC[C@H]([C@H](C)CCCC(C)C)[C@@]4(C)CC[C@@H]32)C1)OCCCCC.NCCOP(=O)(O)O. The molecule has 0 aromatic heterocycles. The van der Waals surface area contributed by atoms with E-state index >= 15 is 0 Å². The van der Waals surface area contributed by atoms with Crippen LogP contribution in [0.1, 0.15) is 158 Å². The molecule has 0 saturated heterocycles. The highest BCUT2D eigenvalue weighted by Crippen LogP contribution is 2.67. The molecular formula is C42H80NO7P. The van der Waals surface area contributed by atoms with Crippen LogP contribution in [0.3, 0.4) is 0 Å². The highest BCUT2D eigenvalue weighted by molar-refractivity contribution is 7.46. The first-order valence-corrected chi connectivity index (χ1v) is 22.7. The Labute approximate surface area is 313 Å². The van der Waals surface area contributed by atoms with Gasteiger partial charge in [0.2, 0.25) is 0 Å². The molecule has 4 aliphatic carbocycles. The Kier molecular flexibility index (Phi) is 19.7. The number of phosphoric acid groups is 1. The third-order valence-corrected chi connectivity index (χ3v) is 14.0. The van der Waals surface area contributed by atoms with Gasteiger partial charge in [0.1, 0.15) is 6.10 Å². The molecule has 4 aliphatic rings. The Balaban J connectivity index is 0.000000783. The molecular weight excluding hydrogens is 661 g/mol. The predicted octanol–water partition coefficient (Wildman–Crippen LogP) is 10.2. The van der Waals surface area contributed by atoms with Crippen LogP contribution in [-0.4, -0.2) is 61.6 Å². The average Bonchev–Trinajstić information content (AvgIpc) is 3.44. The van der Waals surface area contributed by atoms with E-state index in [1.165, 1.54) is 89.9 Å². The smallest absolute Gasteiger partial charge is 0.379 e. The molecule has 0 spiro atoms. The molecule has 8 nitrogen and oxygen atoms in total. The molecule has 0 aromatic rings. The summed E-state index contributed by atoms with van der Waals surface area (Å²) in [4.78, 5) is 16.0. The molecule has 4 N–H and O–H groups in total. The number of hydrogen-bond acceptors (Lipinski definition) is 6. The van der Waals surface area contributed by atoms with Gasteiger partial charge in [-0.15, -0.1) is 0 Å². The van der Waals surface area contributed by atoms with Crippen LogP contribution in [-0.2, 0) is 23.3 Å². The zero-order valence-corrected chi connectivity index (χ0v) is 34.8. The Hall–Kier alpha value is -0.310. The summed E-state index contributed by atoms with van der Waals surface area (Å²) in [5.41, 5.74) is 7.57. The number of unbranched alkanes of at least 4 members (excludes halogenated alkanes) is 4. The standard InChI is InChI=1S/C40H72O3.C2H8NO4P/c1-8-10-12-25-41-28-34(42-26-13-11-9-2)29-43-33-21-23-39(6)32(27-33)17-18-35-37-20-19-36(31(5)16-14-15-30(3)4)40(37,7)24-22-38(35)39;3-1-2-7-8(4,5)6/h17,30-31,33-38H,8-16,18-29H2,1-7H3;1-3H2,(H2,4,5,6)/t31-,33?,34-,35+,36-,37+,38+,39+,40-;/m1./s1. The van der Waals surface area contributed by atoms with Crippen LogP contribution >= 0.6 is 7.82 Å². The molecule has 51 heavy (non-hydrogen) atoms. The van der Waals surface area contributed by atoms with Gasteiger partial charge in [0.15, 0.2) is 0 Å². The minimum Gasteiger partial charge on any atom is -0.379 e. The van der Waals surface area contributed by atoms with E-state index in [9.17, 15) is 4.57 Å². The Bertz CT molecular complexity index is 1050. The van der Waals surface area contributed by atoms with Gasteiger partial charge in [-0.1, -0.05) is 105 Å². The number of hydrogen-bond donors (Lipinski definition) is 3. The summed E-state index contributed by atoms with van der Waals surface area (Å²) < 4.78 is 32.7. The van der Waals surface area contributed by atoms with Gasteiger partial charge in [-0.2, -0.15) is 0 Å². The second kappa shape index (κ2) is 22.3. The molecule has 0 heterocycles. The summed E-state index contributed by atoms with van der Waals surface area (Å²) in [7, 11) is -4.26.